The van der Waals surface area contributed by atoms with E-state index in [1.54, 1.807) is 0 Å². The standard InChI is InChI=1S/C23H46N2O5/c1-10-18(25-20(27)17-30-22(6,7)8)12-15-28-23(9,11-2)13-14-24-19(26)16-29-21(3,4)5/h18H,10-17H2,1-9H3,(H,24,26)(H,25,27). The van der Waals surface area contributed by atoms with Gasteiger partial charge < -0.3 is 24.8 Å². The van der Waals surface area contributed by atoms with E-state index in [0.29, 0.717) is 19.6 Å². The van der Waals surface area contributed by atoms with E-state index < -0.39 is 0 Å². The molecule has 30 heavy (non-hydrogen) atoms. The van der Waals surface area contributed by atoms with Crippen LogP contribution < -0.4 is 10.6 Å². The van der Waals surface area contributed by atoms with E-state index in [0.717, 1.165) is 19.3 Å². The minimum Gasteiger partial charge on any atom is -0.375 e. The molecule has 0 aliphatic carbocycles. The zero-order valence-electron chi connectivity index (χ0n) is 20.8. The molecular formula is C23H46N2O5. The van der Waals surface area contributed by atoms with Gasteiger partial charge in [0.05, 0.1) is 16.8 Å². The predicted octanol–water partition coefficient (Wildman–Crippen LogP) is 3.59. The molecule has 2 unspecified atom stereocenters. The second-order valence-electron chi connectivity index (χ2n) is 10.0. The summed E-state index contributed by atoms with van der Waals surface area (Å²) in [6, 6.07) is 0.0522. The second-order valence-corrected chi connectivity index (χ2v) is 10.0. The van der Waals surface area contributed by atoms with Crippen molar-refractivity contribution in [2.24, 2.45) is 0 Å². The lowest BCUT2D eigenvalue weighted by atomic mass is 9.98. The first-order chi connectivity index (χ1) is 13.7. The minimum absolute atomic E-state index is 0.0522. The summed E-state index contributed by atoms with van der Waals surface area (Å²) < 4.78 is 17.1. The lowest BCUT2D eigenvalue weighted by Crippen LogP contribution is -2.40. The maximum atomic E-state index is 12.1. The summed E-state index contributed by atoms with van der Waals surface area (Å²) >= 11 is 0. The first-order valence-corrected chi connectivity index (χ1v) is 11.2. The molecule has 0 heterocycles. The Morgan fingerprint density at radius 3 is 1.83 bits per heavy atom. The smallest absolute Gasteiger partial charge is 0.246 e. The Labute approximate surface area is 184 Å². The van der Waals surface area contributed by atoms with Crippen LogP contribution in [0.15, 0.2) is 0 Å². The van der Waals surface area contributed by atoms with E-state index in [-0.39, 0.29) is 47.9 Å². The topological polar surface area (TPSA) is 85.9 Å². The molecule has 2 atom stereocenters. The molecule has 7 nitrogen and oxygen atoms in total. The summed E-state index contributed by atoms with van der Waals surface area (Å²) in [7, 11) is 0. The molecule has 0 rings (SSSR count). The molecule has 0 fully saturated rings. The highest BCUT2D eigenvalue weighted by Crippen LogP contribution is 2.20. The fraction of sp³-hybridized carbons (Fsp3) is 0.913. The fourth-order valence-electron chi connectivity index (χ4n) is 2.53. The highest BCUT2D eigenvalue weighted by Gasteiger charge is 2.24. The van der Waals surface area contributed by atoms with Crippen molar-refractivity contribution in [1.29, 1.82) is 0 Å². The van der Waals surface area contributed by atoms with Crippen LogP contribution in [0, 0.1) is 0 Å². The summed E-state index contributed by atoms with van der Waals surface area (Å²) in [4.78, 5) is 24.0. The maximum Gasteiger partial charge on any atom is 0.246 e. The number of rotatable bonds is 14. The van der Waals surface area contributed by atoms with Gasteiger partial charge in [-0.15, -0.1) is 0 Å². The van der Waals surface area contributed by atoms with E-state index in [9.17, 15) is 9.59 Å². The third-order valence-electron chi connectivity index (χ3n) is 4.77. The average molecular weight is 431 g/mol. The van der Waals surface area contributed by atoms with Gasteiger partial charge in [-0.25, -0.2) is 0 Å². The average Bonchev–Trinajstić information content (AvgIpc) is 2.62. The monoisotopic (exact) mass is 430 g/mol. The Bertz CT molecular complexity index is 511. The molecule has 178 valence electrons. The Morgan fingerprint density at radius 1 is 0.833 bits per heavy atom. The van der Waals surface area contributed by atoms with Crippen molar-refractivity contribution in [3.63, 3.8) is 0 Å². The molecular weight excluding hydrogens is 384 g/mol. The van der Waals surface area contributed by atoms with Crippen LogP contribution in [0.4, 0.5) is 0 Å². The Kier molecular flexibility index (Phi) is 12.8. The van der Waals surface area contributed by atoms with Gasteiger partial charge in [0.2, 0.25) is 11.8 Å². The van der Waals surface area contributed by atoms with Crippen molar-refractivity contribution in [1.82, 2.24) is 10.6 Å². The molecule has 0 aliphatic heterocycles. The van der Waals surface area contributed by atoms with Gasteiger partial charge >= 0.3 is 0 Å². The van der Waals surface area contributed by atoms with Crippen molar-refractivity contribution in [3.8, 4) is 0 Å². The van der Waals surface area contributed by atoms with Gasteiger partial charge in [-0.05, 0) is 74.1 Å². The highest BCUT2D eigenvalue weighted by molar-refractivity contribution is 5.77. The SMILES string of the molecule is CCC(CCOC(C)(CC)CCNC(=O)COC(C)(C)C)NC(=O)COC(C)(C)C. The normalized spacial score (nSPS) is 15.4. The van der Waals surface area contributed by atoms with Crippen LogP contribution in [0.25, 0.3) is 0 Å². The molecule has 2 N–H and O–H groups in total. The number of carbonyl (C=O) groups is 2. The first-order valence-electron chi connectivity index (χ1n) is 11.2. The van der Waals surface area contributed by atoms with Gasteiger partial charge in [0, 0.05) is 19.2 Å². The van der Waals surface area contributed by atoms with Gasteiger partial charge in [0.1, 0.15) is 13.2 Å². The first kappa shape index (κ1) is 28.8. The predicted molar refractivity (Wildman–Crippen MR) is 121 cm³/mol. The third kappa shape index (κ3) is 15.6. The van der Waals surface area contributed by atoms with Crippen molar-refractivity contribution >= 4 is 11.8 Å². The molecule has 0 spiro atoms. The summed E-state index contributed by atoms with van der Waals surface area (Å²) in [5.74, 6) is -0.218. The largest absolute Gasteiger partial charge is 0.375 e. The summed E-state index contributed by atoms with van der Waals surface area (Å²) in [6.07, 6.45) is 3.12. The Balaban J connectivity index is 4.28. The highest BCUT2D eigenvalue weighted by atomic mass is 16.5. The van der Waals surface area contributed by atoms with Gasteiger partial charge in [0.15, 0.2) is 0 Å². The van der Waals surface area contributed by atoms with E-state index >= 15 is 0 Å². The molecule has 7 heteroatoms. The Hall–Kier alpha value is -1.18. The molecule has 0 aromatic rings. The molecule has 0 bridgehead atoms. The summed E-state index contributed by atoms with van der Waals surface area (Å²) in [6.45, 7) is 18.9. The second kappa shape index (κ2) is 13.3. The number of amides is 2. The van der Waals surface area contributed by atoms with E-state index in [1.165, 1.54) is 0 Å². The number of ether oxygens (including phenoxy) is 3. The molecule has 2 amide bonds. The fourth-order valence-corrected chi connectivity index (χ4v) is 2.53. The van der Waals surface area contributed by atoms with E-state index in [1.807, 2.05) is 48.5 Å². The summed E-state index contributed by atoms with van der Waals surface area (Å²) in [5, 5.41) is 5.91. The van der Waals surface area contributed by atoms with Gasteiger partial charge in [0.25, 0.3) is 0 Å². The van der Waals surface area contributed by atoms with Gasteiger partial charge in [-0.1, -0.05) is 13.8 Å². The molecule has 0 radical (unpaired) electrons. The van der Waals surface area contributed by atoms with Crippen LogP contribution >= 0.6 is 0 Å². The number of hydrogen-bond acceptors (Lipinski definition) is 5. The number of carbonyl (C=O) groups excluding carboxylic acids is 2. The van der Waals surface area contributed by atoms with Crippen molar-refractivity contribution < 1.29 is 23.8 Å². The van der Waals surface area contributed by atoms with Gasteiger partial charge in [-0.3, -0.25) is 9.59 Å². The molecule has 0 aromatic carbocycles. The van der Waals surface area contributed by atoms with Crippen LogP contribution in [0.3, 0.4) is 0 Å². The Morgan fingerprint density at radius 2 is 1.37 bits per heavy atom. The van der Waals surface area contributed by atoms with Crippen LogP contribution in [0.5, 0.6) is 0 Å². The van der Waals surface area contributed by atoms with Gasteiger partial charge in [-0.2, -0.15) is 0 Å². The zero-order valence-corrected chi connectivity index (χ0v) is 20.8. The molecule has 0 aliphatic rings. The zero-order chi connectivity index (χ0) is 23.4. The summed E-state index contributed by atoms with van der Waals surface area (Å²) in [5.41, 5.74) is -0.988. The van der Waals surface area contributed by atoms with Crippen molar-refractivity contribution in [2.75, 3.05) is 26.4 Å². The molecule has 0 saturated carbocycles. The van der Waals surface area contributed by atoms with E-state index in [2.05, 4.69) is 24.5 Å². The van der Waals surface area contributed by atoms with Crippen LogP contribution in [-0.4, -0.2) is 61.0 Å². The lowest BCUT2D eigenvalue weighted by molar-refractivity contribution is -0.131. The van der Waals surface area contributed by atoms with Crippen molar-refractivity contribution in [3.05, 3.63) is 0 Å². The van der Waals surface area contributed by atoms with Crippen LogP contribution in [-0.2, 0) is 23.8 Å². The lowest BCUT2D eigenvalue weighted by Gasteiger charge is -2.30. The molecule has 0 aromatic heterocycles. The minimum atomic E-state index is -0.334. The quantitative estimate of drug-likeness (QED) is 0.440. The molecule has 0 saturated heterocycles. The van der Waals surface area contributed by atoms with E-state index in [4.69, 9.17) is 14.2 Å². The number of hydrogen-bond donors (Lipinski definition) is 2. The third-order valence-corrected chi connectivity index (χ3v) is 4.77. The van der Waals surface area contributed by atoms with Crippen LogP contribution in [0.2, 0.25) is 0 Å². The maximum absolute atomic E-state index is 12.1. The van der Waals surface area contributed by atoms with Crippen LogP contribution in [0.1, 0.15) is 88.0 Å². The van der Waals surface area contributed by atoms with Crippen molar-refractivity contribution in [2.45, 2.75) is 111 Å². The number of nitrogens with one attached hydrogen (secondary N) is 2.